The van der Waals surface area contributed by atoms with Gasteiger partial charge in [0.25, 0.3) is 5.91 Å². The molecule has 0 unspecified atom stereocenters. The van der Waals surface area contributed by atoms with Crippen LogP contribution in [0.15, 0.2) is 42.5 Å². The maximum Gasteiger partial charge on any atom is 0.271 e. The zero-order valence-corrected chi connectivity index (χ0v) is 18.9. The molecule has 0 atom stereocenters. The summed E-state index contributed by atoms with van der Waals surface area (Å²) in [6.45, 7) is 3.60. The van der Waals surface area contributed by atoms with E-state index in [0.29, 0.717) is 44.6 Å². The van der Waals surface area contributed by atoms with Crippen LogP contribution in [-0.4, -0.2) is 52.1 Å². The predicted molar refractivity (Wildman–Crippen MR) is 122 cm³/mol. The number of benzene rings is 2. The van der Waals surface area contributed by atoms with Crippen LogP contribution in [0.4, 0.5) is 0 Å². The highest BCUT2D eigenvalue weighted by atomic mass is 35.5. The molecule has 0 saturated carbocycles. The standard InChI is InChI=1S/C21H18Cl4N4O/c22-15-3-1-13(9-17(15)24)12-28-5-7-29(8-6-28)21(30)20-11-19(26-27-20)14-2-4-16(23)18(25)10-14/h1-4,9-11H,5-8,12H2,(H,26,27). The highest BCUT2D eigenvalue weighted by Gasteiger charge is 2.24. The number of halogens is 4. The van der Waals surface area contributed by atoms with Crippen molar-refractivity contribution in [3.63, 3.8) is 0 Å². The Morgan fingerprint density at radius 2 is 1.53 bits per heavy atom. The number of H-pyrrole nitrogens is 1. The molecule has 156 valence electrons. The fraction of sp³-hybridized carbons (Fsp3) is 0.238. The quantitative estimate of drug-likeness (QED) is 0.521. The lowest BCUT2D eigenvalue weighted by Gasteiger charge is -2.34. The maximum absolute atomic E-state index is 12.9. The van der Waals surface area contributed by atoms with Crippen molar-refractivity contribution in [1.29, 1.82) is 0 Å². The van der Waals surface area contributed by atoms with Gasteiger partial charge in [-0.15, -0.1) is 0 Å². The van der Waals surface area contributed by atoms with Crippen LogP contribution < -0.4 is 0 Å². The van der Waals surface area contributed by atoms with Crippen molar-refractivity contribution in [2.24, 2.45) is 0 Å². The van der Waals surface area contributed by atoms with E-state index in [0.717, 1.165) is 30.8 Å². The van der Waals surface area contributed by atoms with Crippen LogP contribution >= 0.6 is 46.4 Å². The average Bonchev–Trinajstić information content (AvgIpc) is 3.23. The molecule has 1 N–H and O–H groups in total. The molecule has 0 aliphatic carbocycles. The number of hydrogen-bond acceptors (Lipinski definition) is 3. The molecule has 0 bridgehead atoms. The average molecular weight is 484 g/mol. The second-order valence-electron chi connectivity index (χ2n) is 7.11. The molecular formula is C21H18Cl4N4O. The van der Waals surface area contributed by atoms with Crippen molar-refractivity contribution in [3.8, 4) is 11.3 Å². The van der Waals surface area contributed by atoms with Crippen LogP contribution in [-0.2, 0) is 6.54 Å². The zero-order valence-electron chi connectivity index (χ0n) is 15.8. The Kier molecular flexibility index (Phi) is 6.56. The molecule has 5 nitrogen and oxygen atoms in total. The first-order chi connectivity index (χ1) is 14.4. The molecule has 1 aliphatic rings. The van der Waals surface area contributed by atoms with Gasteiger partial charge in [0, 0.05) is 38.3 Å². The Hall–Kier alpha value is -1.76. The molecule has 30 heavy (non-hydrogen) atoms. The third-order valence-corrected chi connectivity index (χ3v) is 6.55. The molecule has 1 saturated heterocycles. The lowest BCUT2D eigenvalue weighted by atomic mass is 10.1. The van der Waals surface area contributed by atoms with Gasteiger partial charge >= 0.3 is 0 Å². The second kappa shape index (κ2) is 9.16. The first kappa shape index (κ1) is 21.5. The molecule has 1 aliphatic heterocycles. The van der Waals surface area contributed by atoms with Gasteiger partial charge in [0.05, 0.1) is 25.8 Å². The van der Waals surface area contributed by atoms with Gasteiger partial charge in [0.15, 0.2) is 0 Å². The summed E-state index contributed by atoms with van der Waals surface area (Å²) >= 11 is 24.1. The van der Waals surface area contributed by atoms with E-state index in [9.17, 15) is 4.79 Å². The number of aromatic amines is 1. The van der Waals surface area contributed by atoms with Crippen LogP contribution in [0.1, 0.15) is 16.1 Å². The van der Waals surface area contributed by atoms with Crippen molar-refractivity contribution >= 4 is 52.3 Å². The number of hydrogen-bond donors (Lipinski definition) is 1. The number of piperazine rings is 1. The zero-order chi connectivity index (χ0) is 21.3. The third-order valence-electron chi connectivity index (χ3n) is 5.07. The second-order valence-corrected chi connectivity index (χ2v) is 8.74. The summed E-state index contributed by atoms with van der Waals surface area (Å²) in [4.78, 5) is 17.0. The molecule has 1 amide bonds. The number of carbonyl (C=O) groups is 1. The van der Waals surface area contributed by atoms with Crippen LogP contribution in [0.5, 0.6) is 0 Å². The molecule has 1 fully saturated rings. The minimum atomic E-state index is -0.0667. The number of nitrogens with zero attached hydrogens (tertiary/aromatic N) is 3. The van der Waals surface area contributed by atoms with Crippen LogP contribution in [0, 0.1) is 0 Å². The summed E-state index contributed by atoms with van der Waals surface area (Å²) in [5, 5.41) is 9.12. The molecule has 1 aromatic heterocycles. The highest BCUT2D eigenvalue weighted by molar-refractivity contribution is 6.42. The monoisotopic (exact) mass is 482 g/mol. The van der Waals surface area contributed by atoms with E-state index in [-0.39, 0.29) is 5.91 Å². The van der Waals surface area contributed by atoms with Gasteiger partial charge in [0.2, 0.25) is 0 Å². The van der Waals surface area contributed by atoms with E-state index in [1.165, 1.54) is 0 Å². The Labute approximate surface area is 194 Å². The van der Waals surface area contributed by atoms with E-state index in [1.54, 1.807) is 18.2 Å². The van der Waals surface area contributed by atoms with Crippen molar-refractivity contribution < 1.29 is 4.79 Å². The summed E-state index contributed by atoms with van der Waals surface area (Å²) in [5.41, 5.74) is 3.00. The van der Waals surface area contributed by atoms with Crippen molar-refractivity contribution in [1.82, 2.24) is 20.0 Å². The lowest BCUT2D eigenvalue weighted by molar-refractivity contribution is 0.0622. The summed E-state index contributed by atoms with van der Waals surface area (Å²) < 4.78 is 0. The van der Waals surface area contributed by atoms with Gasteiger partial charge in [-0.3, -0.25) is 14.8 Å². The Morgan fingerprint density at radius 1 is 0.867 bits per heavy atom. The van der Waals surface area contributed by atoms with E-state index in [2.05, 4.69) is 15.1 Å². The Bertz CT molecular complexity index is 1080. The number of nitrogens with one attached hydrogen (secondary N) is 1. The van der Waals surface area contributed by atoms with E-state index in [4.69, 9.17) is 46.4 Å². The largest absolute Gasteiger partial charge is 0.335 e. The van der Waals surface area contributed by atoms with Crippen LogP contribution in [0.3, 0.4) is 0 Å². The summed E-state index contributed by atoms with van der Waals surface area (Å²) in [7, 11) is 0. The van der Waals surface area contributed by atoms with Gasteiger partial charge in [-0.1, -0.05) is 58.5 Å². The first-order valence-corrected chi connectivity index (χ1v) is 10.9. The van der Waals surface area contributed by atoms with Crippen LogP contribution in [0.2, 0.25) is 20.1 Å². The molecule has 2 aromatic carbocycles. The topological polar surface area (TPSA) is 52.2 Å². The lowest BCUT2D eigenvalue weighted by Crippen LogP contribution is -2.48. The molecule has 3 aromatic rings. The smallest absolute Gasteiger partial charge is 0.271 e. The first-order valence-electron chi connectivity index (χ1n) is 9.37. The van der Waals surface area contributed by atoms with Crippen molar-refractivity contribution in [2.45, 2.75) is 6.54 Å². The number of carbonyl (C=O) groups excluding carboxylic acids is 1. The molecule has 2 heterocycles. The summed E-state index contributed by atoms with van der Waals surface area (Å²) in [6, 6.07) is 12.7. The van der Waals surface area contributed by atoms with Gasteiger partial charge in [-0.2, -0.15) is 5.10 Å². The normalized spacial score (nSPS) is 14.9. The van der Waals surface area contributed by atoms with Crippen LogP contribution in [0.25, 0.3) is 11.3 Å². The predicted octanol–water partition coefficient (Wildman–Crippen LogP) is 5.65. The number of rotatable bonds is 4. The van der Waals surface area contributed by atoms with Gasteiger partial charge in [-0.05, 0) is 35.9 Å². The number of aromatic nitrogens is 2. The summed E-state index contributed by atoms with van der Waals surface area (Å²) in [5.74, 6) is -0.0667. The van der Waals surface area contributed by atoms with E-state index in [1.807, 2.05) is 29.2 Å². The molecule has 0 spiro atoms. The number of amides is 1. The molecule has 9 heteroatoms. The minimum Gasteiger partial charge on any atom is -0.335 e. The van der Waals surface area contributed by atoms with Gasteiger partial charge in [0.1, 0.15) is 5.69 Å². The van der Waals surface area contributed by atoms with Crippen molar-refractivity contribution in [2.75, 3.05) is 26.2 Å². The van der Waals surface area contributed by atoms with Gasteiger partial charge < -0.3 is 4.90 Å². The van der Waals surface area contributed by atoms with E-state index >= 15 is 0 Å². The highest BCUT2D eigenvalue weighted by Crippen LogP contribution is 2.28. The summed E-state index contributed by atoms with van der Waals surface area (Å²) in [6.07, 6.45) is 0. The fourth-order valence-electron chi connectivity index (χ4n) is 3.41. The molecular weight excluding hydrogens is 466 g/mol. The van der Waals surface area contributed by atoms with Gasteiger partial charge in [-0.25, -0.2) is 0 Å². The maximum atomic E-state index is 12.9. The van der Waals surface area contributed by atoms with Crippen molar-refractivity contribution in [3.05, 3.63) is 73.8 Å². The third kappa shape index (κ3) is 4.76. The fourth-order valence-corrected chi connectivity index (χ4v) is 4.03. The minimum absolute atomic E-state index is 0.0667. The Morgan fingerprint density at radius 3 is 2.20 bits per heavy atom. The Balaban J connectivity index is 1.37. The SMILES string of the molecule is O=C(c1cc(-c2ccc(Cl)c(Cl)c2)n[nH]1)N1CCN(Cc2ccc(Cl)c(Cl)c2)CC1. The van der Waals surface area contributed by atoms with E-state index < -0.39 is 0 Å². The molecule has 0 radical (unpaired) electrons. The molecule has 4 rings (SSSR count).